The zero-order valence-electron chi connectivity index (χ0n) is 16.1. The molecule has 1 amide bonds. The van der Waals surface area contributed by atoms with Crippen molar-refractivity contribution in [1.82, 2.24) is 15.5 Å². The van der Waals surface area contributed by atoms with Crippen molar-refractivity contribution in [3.05, 3.63) is 41.5 Å². The Morgan fingerprint density at radius 3 is 2.63 bits per heavy atom. The van der Waals surface area contributed by atoms with Gasteiger partial charge in [-0.05, 0) is 24.1 Å². The van der Waals surface area contributed by atoms with Crippen LogP contribution in [-0.2, 0) is 22.5 Å². The zero-order chi connectivity index (χ0) is 19.1. The van der Waals surface area contributed by atoms with E-state index in [9.17, 15) is 4.79 Å². The lowest BCUT2D eigenvalue weighted by molar-refractivity contribution is -0.121. The molecule has 1 aromatic heterocycles. The fourth-order valence-corrected chi connectivity index (χ4v) is 2.94. The number of hydrogen-bond acceptors (Lipinski definition) is 6. The van der Waals surface area contributed by atoms with Gasteiger partial charge in [-0.25, -0.2) is 0 Å². The minimum atomic E-state index is 0.0378. The van der Waals surface area contributed by atoms with E-state index in [2.05, 4.69) is 44.6 Å². The van der Waals surface area contributed by atoms with Gasteiger partial charge >= 0.3 is 0 Å². The van der Waals surface area contributed by atoms with Gasteiger partial charge in [0.15, 0.2) is 5.82 Å². The number of carbonyl (C=O) groups excluding carboxylic acids is 1. The number of rotatable bonds is 8. The van der Waals surface area contributed by atoms with Crippen LogP contribution < -0.4 is 10.2 Å². The molecule has 0 unspecified atom stereocenters. The standard InChI is InChI=1S/C20H28N4O3/c1-15(2)20-22-19(27-23-20)5-3-4-18(25)21-14-16-6-8-17(9-7-16)24-10-12-26-13-11-24/h6-9,15H,3-5,10-14H2,1-2H3,(H,21,25). The first-order chi connectivity index (χ1) is 13.1. The Morgan fingerprint density at radius 2 is 1.96 bits per heavy atom. The summed E-state index contributed by atoms with van der Waals surface area (Å²) in [6, 6.07) is 8.34. The minimum absolute atomic E-state index is 0.0378. The van der Waals surface area contributed by atoms with Crippen LogP contribution in [0.2, 0.25) is 0 Å². The number of aromatic nitrogens is 2. The summed E-state index contributed by atoms with van der Waals surface area (Å²) < 4.78 is 10.6. The van der Waals surface area contributed by atoms with Gasteiger partial charge in [0.1, 0.15) is 0 Å². The lowest BCUT2D eigenvalue weighted by atomic mass is 10.1. The first-order valence-electron chi connectivity index (χ1n) is 9.62. The number of ether oxygens (including phenoxy) is 1. The molecule has 7 heteroatoms. The third kappa shape index (κ3) is 5.79. The molecule has 0 atom stereocenters. The van der Waals surface area contributed by atoms with Crippen LogP contribution in [0.25, 0.3) is 0 Å². The van der Waals surface area contributed by atoms with Crippen molar-refractivity contribution in [2.45, 2.75) is 45.6 Å². The van der Waals surface area contributed by atoms with Gasteiger partial charge in [0.2, 0.25) is 11.8 Å². The second kappa shape index (κ2) is 9.50. The van der Waals surface area contributed by atoms with Crippen LogP contribution in [-0.4, -0.2) is 42.4 Å². The van der Waals surface area contributed by atoms with Crippen molar-refractivity contribution in [2.75, 3.05) is 31.2 Å². The topological polar surface area (TPSA) is 80.5 Å². The van der Waals surface area contributed by atoms with Gasteiger partial charge in [-0.15, -0.1) is 0 Å². The molecule has 1 saturated heterocycles. The van der Waals surface area contributed by atoms with Crippen molar-refractivity contribution >= 4 is 11.6 Å². The summed E-state index contributed by atoms with van der Waals surface area (Å²) in [5.41, 5.74) is 2.30. The number of aryl methyl sites for hydroxylation is 1. The molecule has 0 saturated carbocycles. The van der Waals surface area contributed by atoms with Gasteiger partial charge in [-0.2, -0.15) is 4.98 Å². The molecule has 2 heterocycles. The Morgan fingerprint density at radius 1 is 1.22 bits per heavy atom. The van der Waals surface area contributed by atoms with E-state index < -0.39 is 0 Å². The van der Waals surface area contributed by atoms with Crippen LogP contribution in [0.3, 0.4) is 0 Å². The SMILES string of the molecule is CC(C)c1noc(CCCC(=O)NCc2ccc(N3CCOCC3)cc2)n1. The van der Waals surface area contributed by atoms with Crippen molar-refractivity contribution in [3.8, 4) is 0 Å². The number of hydrogen-bond donors (Lipinski definition) is 1. The minimum Gasteiger partial charge on any atom is -0.378 e. The highest BCUT2D eigenvalue weighted by Gasteiger charge is 2.12. The smallest absolute Gasteiger partial charge is 0.226 e. The van der Waals surface area contributed by atoms with Crippen LogP contribution in [0.5, 0.6) is 0 Å². The Bertz CT molecular complexity index is 721. The number of morpholine rings is 1. The third-order valence-electron chi connectivity index (χ3n) is 4.60. The Labute approximate surface area is 160 Å². The summed E-state index contributed by atoms with van der Waals surface area (Å²) in [6.45, 7) is 8.00. The second-order valence-corrected chi connectivity index (χ2v) is 7.10. The van der Waals surface area contributed by atoms with Gasteiger partial charge in [0, 0.05) is 44.1 Å². The van der Waals surface area contributed by atoms with Gasteiger partial charge in [0.25, 0.3) is 0 Å². The molecule has 27 heavy (non-hydrogen) atoms. The lowest BCUT2D eigenvalue weighted by Crippen LogP contribution is -2.36. The number of nitrogens with zero attached hydrogens (tertiary/aromatic N) is 3. The molecule has 1 fully saturated rings. The van der Waals surface area contributed by atoms with E-state index in [1.807, 2.05) is 13.8 Å². The molecule has 1 N–H and O–H groups in total. The fraction of sp³-hybridized carbons (Fsp3) is 0.550. The fourth-order valence-electron chi connectivity index (χ4n) is 2.94. The van der Waals surface area contributed by atoms with Crippen LogP contribution in [0.15, 0.2) is 28.8 Å². The normalized spacial score (nSPS) is 14.6. The van der Waals surface area contributed by atoms with Crippen LogP contribution in [0.1, 0.15) is 49.9 Å². The largest absolute Gasteiger partial charge is 0.378 e. The van der Waals surface area contributed by atoms with Crippen LogP contribution >= 0.6 is 0 Å². The number of nitrogens with one attached hydrogen (secondary N) is 1. The molecule has 0 aliphatic carbocycles. The number of carbonyl (C=O) groups is 1. The van der Waals surface area contributed by atoms with Crippen molar-refractivity contribution < 1.29 is 14.1 Å². The first-order valence-corrected chi connectivity index (χ1v) is 9.62. The summed E-state index contributed by atoms with van der Waals surface area (Å²) in [6.07, 6.45) is 1.77. The second-order valence-electron chi connectivity index (χ2n) is 7.10. The van der Waals surface area contributed by atoms with Crippen molar-refractivity contribution in [2.24, 2.45) is 0 Å². The predicted molar refractivity (Wildman–Crippen MR) is 103 cm³/mol. The highest BCUT2D eigenvalue weighted by molar-refractivity contribution is 5.75. The average molecular weight is 372 g/mol. The number of benzene rings is 1. The molecule has 3 rings (SSSR count). The Balaban J connectivity index is 1.37. The van der Waals surface area contributed by atoms with E-state index >= 15 is 0 Å². The van der Waals surface area contributed by atoms with Gasteiger partial charge in [-0.3, -0.25) is 4.79 Å². The summed E-state index contributed by atoms with van der Waals surface area (Å²) in [5.74, 6) is 1.61. The molecule has 146 valence electrons. The van der Waals surface area contributed by atoms with E-state index in [4.69, 9.17) is 9.26 Å². The molecule has 0 radical (unpaired) electrons. The van der Waals surface area contributed by atoms with Gasteiger partial charge in [0.05, 0.1) is 13.2 Å². The van der Waals surface area contributed by atoms with Gasteiger partial charge in [-0.1, -0.05) is 31.1 Å². The lowest BCUT2D eigenvalue weighted by Gasteiger charge is -2.28. The maximum atomic E-state index is 12.0. The molecular weight excluding hydrogens is 344 g/mol. The predicted octanol–water partition coefficient (Wildman–Crippen LogP) is 2.67. The summed E-state index contributed by atoms with van der Waals surface area (Å²) in [5, 5.41) is 6.90. The van der Waals surface area contributed by atoms with Crippen LogP contribution in [0.4, 0.5) is 5.69 Å². The Kier molecular flexibility index (Phi) is 6.81. The number of amides is 1. The monoisotopic (exact) mass is 372 g/mol. The molecule has 1 aliphatic heterocycles. The number of anilines is 1. The Hall–Kier alpha value is -2.41. The average Bonchev–Trinajstić information content (AvgIpc) is 3.17. The maximum Gasteiger partial charge on any atom is 0.226 e. The molecule has 7 nitrogen and oxygen atoms in total. The van der Waals surface area contributed by atoms with E-state index in [-0.39, 0.29) is 11.8 Å². The van der Waals surface area contributed by atoms with E-state index in [0.29, 0.717) is 31.7 Å². The first kappa shape index (κ1) is 19.4. The molecular formula is C20H28N4O3. The molecule has 0 spiro atoms. The summed E-state index contributed by atoms with van der Waals surface area (Å²) >= 11 is 0. The molecule has 2 aromatic rings. The maximum absolute atomic E-state index is 12.0. The van der Waals surface area contributed by atoms with E-state index in [1.54, 1.807) is 0 Å². The quantitative estimate of drug-likeness (QED) is 0.767. The molecule has 1 aliphatic rings. The summed E-state index contributed by atoms with van der Waals surface area (Å²) in [4.78, 5) is 18.7. The van der Waals surface area contributed by atoms with Crippen molar-refractivity contribution in [3.63, 3.8) is 0 Å². The van der Waals surface area contributed by atoms with E-state index in [1.165, 1.54) is 5.69 Å². The van der Waals surface area contributed by atoms with Gasteiger partial charge < -0.3 is 19.5 Å². The zero-order valence-corrected chi connectivity index (χ0v) is 16.1. The van der Waals surface area contributed by atoms with Crippen LogP contribution in [0, 0.1) is 0 Å². The highest BCUT2D eigenvalue weighted by Crippen LogP contribution is 2.16. The highest BCUT2D eigenvalue weighted by atomic mass is 16.5. The van der Waals surface area contributed by atoms with Crippen molar-refractivity contribution in [1.29, 1.82) is 0 Å². The van der Waals surface area contributed by atoms with E-state index in [0.717, 1.165) is 37.7 Å². The third-order valence-corrected chi connectivity index (χ3v) is 4.60. The molecule has 0 bridgehead atoms. The molecule has 1 aromatic carbocycles. The summed E-state index contributed by atoms with van der Waals surface area (Å²) in [7, 11) is 0.